The van der Waals surface area contributed by atoms with E-state index >= 15 is 4.79 Å². The normalized spacial score (nSPS) is 14.6. The maximum absolute atomic E-state index is 15.1. The summed E-state index contributed by atoms with van der Waals surface area (Å²) >= 11 is 13.5. The van der Waals surface area contributed by atoms with E-state index in [1.165, 1.54) is 6.33 Å². The van der Waals surface area contributed by atoms with Crippen molar-refractivity contribution >= 4 is 56.7 Å². The number of aryl methyl sites for hydroxylation is 6. The summed E-state index contributed by atoms with van der Waals surface area (Å²) in [6, 6.07) is 11.7. The van der Waals surface area contributed by atoms with Crippen LogP contribution in [0.1, 0.15) is 58.0 Å². The van der Waals surface area contributed by atoms with Crippen LogP contribution in [-0.4, -0.2) is 57.7 Å². The Balaban J connectivity index is 1.26. The fraction of sp³-hybridized carbons (Fsp3) is 0.308. The smallest absolute Gasteiger partial charge is 0.275 e. The van der Waals surface area contributed by atoms with E-state index in [-0.39, 0.29) is 11.9 Å². The molecule has 0 spiro atoms. The van der Waals surface area contributed by atoms with Gasteiger partial charge in [-0.3, -0.25) is 9.48 Å². The van der Waals surface area contributed by atoms with Crippen LogP contribution in [0.15, 0.2) is 55.2 Å². The number of benzene rings is 2. The van der Waals surface area contributed by atoms with E-state index in [0.29, 0.717) is 42.5 Å². The van der Waals surface area contributed by atoms with Gasteiger partial charge in [0, 0.05) is 60.1 Å². The average molecular weight is 737 g/mol. The standard InChI is InChI=1S/C39H39Cl2N9O2/c1-21-15-26(16-22(2)35(21)41)52-14-8-9-27-28-10-11-29(40)34(33-24(4)45-47(7)25(33)5)37(28)50-23(3)17-48(39(51)38(27)50)31-18-46(6)30-12-13-32(44-36(30)31)49-20-42-19-43-49/h10-13,15-16,18-20,23H,8-9,14,17H2,1-7H3/t23-/m1/s1. The van der Waals surface area contributed by atoms with Gasteiger partial charge in [0.05, 0.1) is 34.0 Å². The molecule has 0 N–H and O–H groups in total. The second-order valence-electron chi connectivity index (χ2n) is 13.8. The first-order valence-corrected chi connectivity index (χ1v) is 18.1. The predicted octanol–water partition coefficient (Wildman–Crippen LogP) is 8.28. The second kappa shape index (κ2) is 12.8. The van der Waals surface area contributed by atoms with E-state index < -0.39 is 0 Å². The molecular formula is C39H39Cl2N9O2. The lowest BCUT2D eigenvalue weighted by molar-refractivity contribution is 0.0957. The topological polar surface area (TPSA) is 101 Å². The summed E-state index contributed by atoms with van der Waals surface area (Å²) in [4.78, 5) is 26.0. The number of fused-ring (bicyclic) bond motifs is 4. The zero-order chi connectivity index (χ0) is 36.6. The number of ether oxygens (including phenoxy) is 1. The number of halogens is 2. The summed E-state index contributed by atoms with van der Waals surface area (Å²) in [5.41, 5.74) is 10.7. The summed E-state index contributed by atoms with van der Waals surface area (Å²) in [6.45, 7) is 11.1. The number of anilines is 1. The molecule has 0 aliphatic carbocycles. The largest absolute Gasteiger partial charge is 0.494 e. The molecule has 52 heavy (non-hydrogen) atoms. The first-order chi connectivity index (χ1) is 24.9. The summed E-state index contributed by atoms with van der Waals surface area (Å²) in [5, 5.41) is 11.4. The van der Waals surface area contributed by atoms with E-state index in [1.54, 1.807) is 11.0 Å². The Hall–Kier alpha value is -5.13. The molecule has 0 saturated carbocycles. The van der Waals surface area contributed by atoms with E-state index in [1.807, 2.05) is 85.5 Å². The van der Waals surface area contributed by atoms with Crippen molar-refractivity contribution in [3.8, 4) is 22.7 Å². The summed E-state index contributed by atoms with van der Waals surface area (Å²) < 4.78 is 14.0. The quantitative estimate of drug-likeness (QED) is 0.146. The van der Waals surface area contributed by atoms with Gasteiger partial charge in [0.15, 0.2) is 5.82 Å². The molecule has 2 aromatic carbocycles. The molecule has 1 amide bonds. The van der Waals surface area contributed by atoms with Crippen molar-refractivity contribution in [1.29, 1.82) is 0 Å². The first-order valence-electron chi connectivity index (χ1n) is 17.3. The minimum Gasteiger partial charge on any atom is -0.494 e. The number of hydrogen-bond acceptors (Lipinski definition) is 6. The molecule has 0 fully saturated rings. The van der Waals surface area contributed by atoms with Crippen LogP contribution >= 0.6 is 23.2 Å². The number of pyridine rings is 1. The molecule has 1 aliphatic rings. The van der Waals surface area contributed by atoms with Crippen LogP contribution in [0.5, 0.6) is 5.75 Å². The molecule has 1 aliphatic heterocycles. The number of amides is 1. The number of aromatic nitrogens is 8. The van der Waals surface area contributed by atoms with Gasteiger partial charge in [-0.1, -0.05) is 29.3 Å². The van der Waals surface area contributed by atoms with Crippen molar-refractivity contribution < 1.29 is 9.53 Å². The van der Waals surface area contributed by atoms with Crippen molar-refractivity contribution in [2.75, 3.05) is 18.1 Å². The van der Waals surface area contributed by atoms with E-state index in [9.17, 15) is 0 Å². The van der Waals surface area contributed by atoms with Crippen LogP contribution in [0.4, 0.5) is 5.69 Å². The van der Waals surface area contributed by atoms with Crippen LogP contribution in [-0.2, 0) is 20.5 Å². The number of carbonyl (C=O) groups excluding carboxylic acids is 1. The number of hydrogen-bond donors (Lipinski definition) is 0. The van der Waals surface area contributed by atoms with Crippen LogP contribution in [0.25, 0.3) is 38.9 Å². The van der Waals surface area contributed by atoms with E-state index in [0.717, 1.165) is 77.6 Å². The lowest BCUT2D eigenvalue weighted by Crippen LogP contribution is -2.42. The monoisotopic (exact) mass is 735 g/mol. The lowest BCUT2D eigenvalue weighted by Gasteiger charge is -2.34. The molecule has 5 aromatic heterocycles. The SMILES string of the molecule is Cc1cc(OCCCc2c3n(c4c(-c5c(C)nn(C)c5C)c(Cl)ccc24)[C@H](C)CN(c2cn(C)c4ccc(-n5cncn5)nc24)C3=O)cc(C)c1Cl. The van der Waals surface area contributed by atoms with Gasteiger partial charge in [-0.05, 0) is 94.5 Å². The van der Waals surface area contributed by atoms with Crippen LogP contribution in [0.3, 0.4) is 0 Å². The Morgan fingerprint density at radius 2 is 1.77 bits per heavy atom. The molecule has 8 rings (SSSR count). The molecule has 1 atom stereocenters. The highest BCUT2D eigenvalue weighted by atomic mass is 35.5. The zero-order valence-corrected chi connectivity index (χ0v) is 31.7. The number of nitrogens with zero attached hydrogens (tertiary/aromatic N) is 9. The minimum atomic E-state index is -0.0940. The predicted molar refractivity (Wildman–Crippen MR) is 205 cm³/mol. The molecule has 13 heteroatoms. The molecule has 0 unspecified atom stereocenters. The Kier molecular flexibility index (Phi) is 8.38. The van der Waals surface area contributed by atoms with Crippen molar-refractivity contribution in [2.24, 2.45) is 14.1 Å². The van der Waals surface area contributed by atoms with Gasteiger partial charge in [-0.25, -0.2) is 14.6 Å². The molecule has 0 saturated heterocycles. The first kappa shape index (κ1) is 34.0. The average Bonchev–Trinajstić information content (AvgIpc) is 3.89. The van der Waals surface area contributed by atoms with E-state index in [4.69, 9.17) is 38.0 Å². The highest BCUT2D eigenvalue weighted by molar-refractivity contribution is 6.35. The number of rotatable bonds is 8. The molecular weight excluding hydrogens is 697 g/mol. The molecule has 6 heterocycles. The maximum atomic E-state index is 15.1. The van der Waals surface area contributed by atoms with Crippen molar-refractivity contribution in [3.63, 3.8) is 0 Å². The van der Waals surface area contributed by atoms with Gasteiger partial charge < -0.3 is 18.8 Å². The third kappa shape index (κ3) is 5.37. The van der Waals surface area contributed by atoms with Crippen molar-refractivity contribution in [2.45, 2.75) is 53.5 Å². The molecule has 266 valence electrons. The van der Waals surface area contributed by atoms with Crippen molar-refractivity contribution in [1.82, 2.24) is 38.7 Å². The van der Waals surface area contributed by atoms with Gasteiger partial charge in [0.2, 0.25) is 0 Å². The number of carbonyl (C=O) groups is 1. The van der Waals surface area contributed by atoms with Gasteiger partial charge in [0.1, 0.15) is 29.6 Å². The highest BCUT2D eigenvalue weighted by Gasteiger charge is 2.38. The minimum absolute atomic E-state index is 0.0867. The van der Waals surface area contributed by atoms with Crippen LogP contribution in [0, 0.1) is 27.7 Å². The molecule has 0 bridgehead atoms. The fourth-order valence-corrected chi connectivity index (χ4v) is 8.17. The Morgan fingerprint density at radius 3 is 2.46 bits per heavy atom. The maximum Gasteiger partial charge on any atom is 0.275 e. The Labute approximate surface area is 311 Å². The van der Waals surface area contributed by atoms with Gasteiger partial charge in [-0.15, -0.1) is 0 Å². The van der Waals surface area contributed by atoms with Crippen LogP contribution in [0.2, 0.25) is 10.0 Å². The van der Waals surface area contributed by atoms with E-state index in [2.05, 4.69) is 34.6 Å². The summed E-state index contributed by atoms with van der Waals surface area (Å²) in [6.07, 6.45) is 6.38. The Morgan fingerprint density at radius 1 is 1.00 bits per heavy atom. The second-order valence-corrected chi connectivity index (χ2v) is 14.6. The fourth-order valence-electron chi connectivity index (χ4n) is 7.82. The lowest BCUT2D eigenvalue weighted by atomic mass is 9.98. The third-order valence-electron chi connectivity index (χ3n) is 10.3. The molecule has 11 nitrogen and oxygen atoms in total. The Bertz CT molecular complexity index is 2520. The van der Waals surface area contributed by atoms with Crippen LogP contribution < -0.4 is 9.64 Å². The van der Waals surface area contributed by atoms with Gasteiger partial charge in [-0.2, -0.15) is 10.2 Å². The molecule has 0 radical (unpaired) electrons. The van der Waals surface area contributed by atoms with Gasteiger partial charge >= 0.3 is 0 Å². The highest BCUT2D eigenvalue weighted by Crippen LogP contribution is 2.45. The summed E-state index contributed by atoms with van der Waals surface area (Å²) in [5.74, 6) is 1.32. The summed E-state index contributed by atoms with van der Waals surface area (Å²) in [7, 11) is 3.92. The third-order valence-corrected chi connectivity index (χ3v) is 11.2. The molecule has 7 aromatic rings. The zero-order valence-electron chi connectivity index (χ0n) is 30.2. The van der Waals surface area contributed by atoms with Crippen molar-refractivity contribution in [3.05, 3.63) is 99.1 Å². The van der Waals surface area contributed by atoms with Gasteiger partial charge in [0.25, 0.3) is 5.91 Å².